The molecular weight excluding hydrogens is 351 g/mol. The number of carboxylic acids is 1. The lowest BCUT2D eigenvalue weighted by molar-refractivity contribution is -0.137. The third kappa shape index (κ3) is 4.39. The summed E-state index contributed by atoms with van der Waals surface area (Å²) in [4.78, 5) is 10.6. The number of carbonyl (C=O) groups is 1. The molecule has 0 saturated heterocycles. The van der Waals surface area contributed by atoms with Crippen LogP contribution in [0.5, 0.6) is 5.75 Å². The first kappa shape index (κ1) is 14.6. The van der Waals surface area contributed by atoms with Gasteiger partial charge in [0.1, 0.15) is 5.75 Å². The number of phenols is 1. The molecule has 17 heavy (non-hydrogen) atoms. The van der Waals surface area contributed by atoms with Gasteiger partial charge in [-0.05, 0) is 58.7 Å². The fourth-order valence-corrected chi connectivity index (χ4v) is 2.58. The Labute approximate surface area is 120 Å². The third-order valence-corrected chi connectivity index (χ3v) is 3.67. The normalized spacial score (nSPS) is 14.3. The molecule has 1 aromatic rings. The molecule has 0 heterocycles. The van der Waals surface area contributed by atoms with E-state index in [-0.39, 0.29) is 23.3 Å². The lowest BCUT2D eigenvalue weighted by Crippen LogP contribution is -2.12. The molecule has 94 valence electrons. The van der Waals surface area contributed by atoms with E-state index in [0.717, 1.165) is 9.13 Å². The van der Waals surface area contributed by atoms with Gasteiger partial charge in [-0.15, -0.1) is 0 Å². The minimum Gasteiger partial charge on any atom is -0.508 e. The summed E-state index contributed by atoms with van der Waals surface area (Å²) >= 11 is 6.55. The first-order valence-electron chi connectivity index (χ1n) is 5.30. The summed E-state index contributed by atoms with van der Waals surface area (Å²) in [7, 11) is 0. The maximum Gasteiger partial charge on any atom is 0.303 e. The summed E-state index contributed by atoms with van der Waals surface area (Å²) in [5.74, 6) is -0.667. The van der Waals surface area contributed by atoms with Gasteiger partial charge in [0.15, 0.2) is 0 Å². The summed E-state index contributed by atoms with van der Waals surface area (Å²) in [6.45, 7) is 1.91. The number of halogens is 1. The van der Waals surface area contributed by atoms with Gasteiger partial charge in [0.05, 0.1) is 0 Å². The number of thiol groups is 1. The summed E-state index contributed by atoms with van der Waals surface area (Å²) < 4.78 is 1.02. The maximum atomic E-state index is 10.6. The fraction of sp³-hybridized carbons (Fsp3) is 0.417. The van der Waals surface area contributed by atoms with Crippen molar-refractivity contribution >= 4 is 41.2 Å². The molecule has 1 rings (SSSR count). The van der Waals surface area contributed by atoms with Crippen molar-refractivity contribution < 1.29 is 15.0 Å². The van der Waals surface area contributed by atoms with E-state index >= 15 is 0 Å². The van der Waals surface area contributed by atoms with E-state index in [1.54, 1.807) is 6.07 Å². The highest BCUT2D eigenvalue weighted by Gasteiger charge is 2.21. The molecule has 2 unspecified atom stereocenters. The highest BCUT2D eigenvalue weighted by atomic mass is 127. The van der Waals surface area contributed by atoms with Gasteiger partial charge in [0.2, 0.25) is 0 Å². The third-order valence-electron chi connectivity index (χ3n) is 2.64. The van der Waals surface area contributed by atoms with Gasteiger partial charge in [-0.2, -0.15) is 12.6 Å². The molecule has 0 aliphatic carbocycles. The van der Waals surface area contributed by atoms with E-state index < -0.39 is 5.97 Å². The Bertz CT molecular complexity index is 407. The van der Waals surface area contributed by atoms with Crippen LogP contribution in [0.15, 0.2) is 18.2 Å². The minimum atomic E-state index is -0.825. The second-order valence-electron chi connectivity index (χ2n) is 3.98. The van der Waals surface area contributed by atoms with E-state index in [4.69, 9.17) is 5.11 Å². The maximum absolute atomic E-state index is 10.6. The average Bonchev–Trinajstić information content (AvgIpc) is 2.22. The van der Waals surface area contributed by atoms with Crippen molar-refractivity contribution in [1.82, 2.24) is 0 Å². The van der Waals surface area contributed by atoms with E-state index in [1.807, 2.05) is 19.1 Å². The SMILES string of the molecule is CC(S)C(CCC(=O)O)c1cc(I)ccc1O. The van der Waals surface area contributed by atoms with Crippen LogP contribution in [0, 0.1) is 3.57 Å². The smallest absolute Gasteiger partial charge is 0.303 e. The quantitative estimate of drug-likeness (QED) is 0.554. The Morgan fingerprint density at radius 2 is 2.18 bits per heavy atom. The summed E-state index contributed by atoms with van der Waals surface area (Å²) in [6, 6.07) is 5.34. The zero-order chi connectivity index (χ0) is 13.0. The zero-order valence-corrected chi connectivity index (χ0v) is 12.5. The van der Waals surface area contributed by atoms with E-state index in [1.165, 1.54) is 0 Å². The Balaban J connectivity index is 2.96. The Morgan fingerprint density at radius 3 is 2.71 bits per heavy atom. The van der Waals surface area contributed by atoms with Crippen LogP contribution < -0.4 is 0 Å². The molecule has 0 aliphatic rings. The van der Waals surface area contributed by atoms with Crippen LogP contribution in [0.4, 0.5) is 0 Å². The molecule has 0 bridgehead atoms. The van der Waals surface area contributed by atoms with Crippen LogP contribution in [-0.2, 0) is 4.79 Å². The number of hydrogen-bond donors (Lipinski definition) is 3. The van der Waals surface area contributed by atoms with Crippen LogP contribution >= 0.6 is 35.2 Å². The van der Waals surface area contributed by atoms with Crippen LogP contribution in [0.2, 0.25) is 0 Å². The molecular formula is C12H15IO3S. The van der Waals surface area contributed by atoms with Gasteiger partial charge in [0, 0.05) is 15.2 Å². The second-order valence-corrected chi connectivity index (χ2v) is 6.04. The summed E-state index contributed by atoms with van der Waals surface area (Å²) in [5.41, 5.74) is 0.778. The zero-order valence-electron chi connectivity index (χ0n) is 9.43. The second kappa shape index (κ2) is 6.49. The number of aromatic hydroxyl groups is 1. The molecule has 2 atom stereocenters. The first-order valence-corrected chi connectivity index (χ1v) is 6.89. The summed E-state index contributed by atoms with van der Waals surface area (Å²) in [5, 5.41) is 18.6. The van der Waals surface area contributed by atoms with Crippen LogP contribution in [0.3, 0.4) is 0 Å². The molecule has 3 nitrogen and oxygen atoms in total. The largest absolute Gasteiger partial charge is 0.508 e. The monoisotopic (exact) mass is 366 g/mol. The summed E-state index contributed by atoms with van der Waals surface area (Å²) in [6.07, 6.45) is 0.564. The van der Waals surface area contributed by atoms with Gasteiger partial charge in [0.25, 0.3) is 0 Å². The molecule has 0 amide bonds. The Morgan fingerprint density at radius 1 is 1.53 bits per heavy atom. The minimum absolute atomic E-state index is 0.00144. The molecule has 0 fully saturated rings. The predicted molar refractivity (Wildman–Crippen MR) is 78.9 cm³/mol. The van der Waals surface area contributed by atoms with Crippen LogP contribution in [0.1, 0.15) is 31.2 Å². The lowest BCUT2D eigenvalue weighted by atomic mass is 9.91. The molecule has 0 aliphatic heterocycles. The first-order chi connectivity index (χ1) is 7.91. The Hall–Kier alpha value is -0.430. The molecule has 0 spiro atoms. The Kier molecular flexibility index (Phi) is 5.58. The average molecular weight is 366 g/mol. The van der Waals surface area contributed by atoms with Crippen LogP contribution in [0.25, 0.3) is 0 Å². The van der Waals surface area contributed by atoms with Crippen molar-refractivity contribution in [1.29, 1.82) is 0 Å². The molecule has 1 aromatic carbocycles. The molecule has 5 heteroatoms. The molecule has 0 saturated carbocycles. The van der Waals surface area contributed by atoms with Gasteiger partial charge in [-0.3, -0.25) is 4.79 Å². The van der Waals surface area contributed by atoms with Crippen molar-refractivity contribution in [3.63, 3.8) is 0 Å². The lowest BCUT2D eigenvalue weighted by Gasteiger charge is -2.21. The van der Waals surface area contributed by atoms with Gasteiger partial charge in [-0.1, -0.05) is 6.92 Å². The fourth-order valence-electron chi connectivity index (χ4n) is 1.76. The van der Waals surface area contributed by atoms with Crippen molar-refractivity contribution in [3.8, 4) is 5.75 Å². The number of benzene rings is 1. The van der Waals surface area contributed by atoms with Crippen molar-refractivity contribution in [2.24, 2.45) is 0 Å². The predicted octanol–water partition coefficient (Wildman–Crippen LogP) is 3.26. The van der Waals surface area contributed by atoms with Crippen molar-refractivity contribution in [3.05, 3.63) is 27.3 Å². The van der Waals surface area contributed by atoms with E-state index in [0.29, 0.717) is 6.42 Å². The van der Waals surface area contributed by atoms with Gasteiger partial charge < -0.3 is 10.2 Å². The molecule has 2 N–H and O–H groups in total. The topological polar surface area (TPSA) is 57.5 Å². The van der Waals surface area contributed by atoms with Crippen molar-refractivity contribution in [2.75, 3.05) is 0 Å². The van der Waals surface area contributed by atoms with E-state index in [9.17, 15) is 9.90 Å². The van der Waals surface area contributed by atoms with Gasteiger partial charge >= 0.3 is 5.97 Å². The number of aliphatic carboxylic acids is 1. The number of carboxylic acid groups (broad SMARTS) is 1. The standard InChI is InChI=1S/C12H15IO3S/c1-7(17)9(3-5-12(15)16)10-6-8(13)2-4-11(10)14/h2,4,6-7,9,14,17H,3,5H2,1H3,(H,15,16). The number of phenolic OH excluding ortho intramolecular Hbond substituents is 1. The molecule has 0 radical (unpaired) electrons. The molecule has 0 aromatic heterocycles. The van der Waals surface area contributed by atoms with Crippen LogP contribution in [-0.4, -0.2) is 21.4 Å². The number of hydrogen-bond acceptors (Lipinski definition) is 3. The highest BCUT2D eigenvalue weighted by Crippen LogP contribution is 2.34. The number of rotatable bonds is 5. The highest BCUT2D eigenvalue weighted by molar-refractivity contribution is 14.1. The van der Waals surface area contributed by atoms with E-state index in [2.05, 4.69) is 35.2 Å². The van der Waals surface area contributed by atoms with Crippen molar-refractivity contribution in [2.45, 2.75) is 30.9 Å². The van der Waals surface area contributed by atoms with Gasteiger partial charge in [-0.25, -0.2) is 0 Å².